The van der Waals surface area contributed by atoms with Gasteiger partial charge < -0.3 is 25.7 Å². The normalized spacial score (nSPS) is 19.8. The quantitative estimate of drug-likeness (QED) is 0.0573. The topological polar surface area (TPSA) is 130 Å². The molecule has 5 aromatic rings. The van der Waals surface area contributed by atoms with Crippen molar-refractivity contribution >= 4 is 51.3 Å². The van der Waals surface area contributed by atoms with Crippen LogP contribution in [0.5, 0.6) is 5.75 Å². The number of imide groups is 1. The van der Waals surface area contributed by atoms with Gasteiger partial charge in [0.2, 0.25) is 11.8 Å². The molecule has 2 amide bonds. The van der Waals surface area contributed by atoms with Gasteiger partial charge in [-0.2, -0.15) is 0 Å². The van der Waals surface area contributed by atoms with E-state index in [0.717, 1.165) is 38.8 Å². The summed E-state index contributed by atoms with van der Waals surface area (Å²) in [6.07, 6.45) is 1.81. The Kier molecular flexibility index (Phi) is 9.81. The average molecular weight is 681 g/mol. The van der Waals surface area contributed by atoms with Crippen molar-refractivity contribution in [3.05, 3.63) is 144 Å². The number of benzene rings is 5. The number of anilines is 3. The lowest BCUT2D eigenvalue weighted by Gasteiger charge is -2.36. The van der Waals surface area contributed by atoms with Crippen molar-refractivity contribution in [2.45, 2.75) is 25.4 Å². The van der Waals surface area contributed by atoms with Crippen molar-refractivity contribution in [2.75, 3.05) is 23.4 Å². The number of aliphatic hydroxyl groups excluding tert-OH is 3. The first-order chi connectivity index (χ1) is 24.9. The molecule has 4 atom stereocenters. The van der Waals surface area contributed by atoms with Gasteiger partial charge >= 0.3 is 0 Å². The van der Waals surface area contributed by atoms with E-state index in [4.69, 9.17) is 0 Å². The van der Waals surface area contributed by atoms with Gasteiger partial charge in [0, 0.05) is 22.7 Å². The molecule has 0 saturated carbocycles. The molecule has 2 aliphatic rings. The van der Waals surface area contributed by atoms with E-state index in [1.807, 2.05) is 91.0 Å². The van der Waals surface area contributed by atoms with E-state index in [9.17, 15) is 30.0 Å². The number of amides is 2. The monoisotopic (exact) mass is 680 g/mol. The number of hydrogen-bond donors (Lipinski definition) is 5. The highest BCUT2D eigenvalue weighted by atomic mass is 16.3. The number of para-hydroxylation sites is 1. The summed E-state index contributed by atoms with van der Waals surface area (Å²) in [6, 6.07) is 37.7. The molecule has 1 saturated heterocycles. The fraction of sp³-hybridized carbons (Fsp3) is 0.209. The Morgan fingerprint density at radius 1 is 0.784 bits per heavy atom. The van der Waals surface area contributed by atoms with Crippen LogP contribution < -0.4 is 10.2 Å². The Morgan fingerprint density at radius 3 is 2.12 bits per heavy atom. The minimum atomic E-state index is -1.07. The summed E-state index contributed by atoms with van der Waals surface area (Å²) in [6.45, 7) is -0.848. The zero-order valence-electron chi connectivity index (χ0n) is 28.0. The van der Waals surface area contributed by atoms with Crippen LogP contribution in [0.4, 0.5) is 17.1 Å². The standard InChI is InChI=1S/C43H40N2O6/c46-25-30-24-36-41(43(51)45(42(36)50)33-19-17-32(18-20-33)44-31-11-5-2-6-12-31)37(26-47)40(30)39(49)22-15-28(27-9-3-1-4-10-27)23-29-16-21-38(48)35-14-8-7-13-34(29)35/h1-14,16-21,23,36-37,39,41,44,46-49H,15,22,24-26H2/b28-23-/t36-,37+,39-,41-/m1/s1. The third kappa shape index (κ3) is 6.69. The number of nitrogens with one attached hydrogen (secondary N) is 1. The second kappa shape index (κ2) is 14.7. The zero-order valence-corrected chi connectivity index (χ0v) is 28.0. The maximum atomic E-state index is 14.0. The second-order valence-electron chi connectivity index (χ2n) is 13.2. The minimum Gasteiger partial charge on any atom is -0.507 e. The summed E-state index contributed by atoms with van der Waals surface area (Å²) in [4.78, 5) is 29.0. The summed E-state index contributed by atoms with van der Waals surface area (Å²) in [7, 11) is 0. The Hall–Kier alpha value is -5.54. The first-order valence-corrected chi connectivity index (χ1v) is 17.3. The van der Waals surface area contributed by atoms with Crippen molar-refractivity contribution in [3.63, 3.8) is 0 Å². The summed E-state index contributed by atoms with van der Waals surface area (Å²) >= 11 is 0. The van der Waals surface area contributed by atoms with Crippen LogP contribution >= 0.6 is 0 Å². The smallest absolute Gasteiger partial charge is 0.238 e. The molecule has 8 heteroatoms. The maximum absolute atomic E-state index is 14.0. The Bertz CT molecular complexity index is 2110. The predicted octanol–water partition coefficient (Wildman–Crippen LogP) is 7.08. The van der Waals surface area contributed by atoms with Gasteiger partial charge in [-0.05, 0) is 95.0 Å². The lowest BCUT2D eigenvalue weighted by Crippen LogP contribution is -2.39. The first kappa shape index (κ1) is 33.9. The lowest BCUT2D eigenvalue weighted by atomic mass is 9.68. The summed E-state index contributed by atoms with van der Waals surface area (Å²) in [5, 5.41) is 48.4. The van der Waals surface area contributed by atoms with E-state index >= 15 is 0 Å². The molecule has 0 spiro atoms. The van der Waals surface area contributed by atoms with Gasteiger partial charge in [0.1, 0.15) is 5.75 Å². The van der Waals surface area contributed by atoms with Gasteiger partial charge in [-0.3, -0.25) is 14.5 Å². The van der Waals surface area contributed by atoms with E-state index in [0.29, 0.717) is 23.3 Å². The van der Waals surface area contributed by atoms with Gasteiger partial charge in [-0.25, -0.2) is 0 Å². The molecular weight excluding hydrogens is 640 g/mol. The van der Waals surface area contributed by atoms with Crippen LogP contribution in [0, 0.1) is 17.8 Å². The van der Waals surface area contributed by atoms with Gasteiger partial charge in [0.05, 0.1) is 36.8 Å². The SMILES string of the molecule is O=C1[C@@H]2[C@@H](CC(CO)=C([C@H](O)CC/C(=C/c3ccc(O)c4ccccc34)c3ccccc3)[C@@H]2CO)C(=O)N1c1ccc(Nc2ccccc2)cc1. The molecule has 0 unspecified atom stereocenters. The van der Waals surface area contributed by atoms with Crippen LogP contribution in [0.25, 0.3) is 22.4 Å². The highest BCUT2D eigenvalue weighted by molar-refractivity contribution is 6.22. The van der Waals surface area contributed by atoms with E-state index in [2.05, 4.69) is 11.4 Å². The van der Waals surface area contributed by atoms with Crippen molar-refractivity contribution < 1.29 is 30.0 Å². The summed E-state index contributed by atoms with van der Waals surface area (Å²) in [5.41, 5.74) is 5.90. The molecule has 1 aliphatic carbocycles. The van der Waals surface area contributed by atoms with E-state index < -0.39 is 43.0 Å². The number of nitrogens with zero attached hydrogens (tertiary/aromatic N) is 1. The number of carbonyl (C=O) groups excluding carboxylic acids is 2. The van der Waals surface area contributed by atoms with Gasteiger partial charge in [0.15, 0.2) is 0 Å². The first-order valence-electron chi connectivity index (χ1n) is 17.3. The molecule has 0 radical (unpaired) electrons. The molecule has 1 aliphatic heterocycles. The van der Waals surface area contributed by atoms with Gasteiger partial charge in [-0.1, -0.05) is 84.9 Å². The molecule has 1 heterocycles. The highest BCUT2D eigenvalue weighted by Crippen LogP contribution is 2.47. The third-order valence-corrected chi connectivity index (χ3v) is 10.2. The Morgan fingerprint density at radius 2 is 1.43 bits per heavy atom. The fourth-order valence-corrected chi connectivity index (χ4v) is 7.76. The number of aromatic hydroxyl groups is 1. The molecule has 5 aromatic carbocycles. The van der Waals surface area contributed by atoms with Crippen molar-refractivity contribution in [2.24, 2.45) is 17.8 Å². The second-order valence-corrected chi connectivity index (χ2v) is 13.2. The number of allylic oxidation sites excluding steroid dienone is 1. The van der Waals surface area contributed by atoms with E-state index in [1.54, 1.807) is 30.3 Å². The number of phenols is 1. The van der Waals surface area contributed by atoms with Crippen LogP contribution in [0.3, 0.4) is 0 Å². The van der Waals surface area contributed by atoms with E-state index in [-0.39, 0.29) is 24.5 Å². The maximum Gasteiger partial charge on any atom is 0.238 e. The predicted molar refractivity (Wildman–Crippen MR) is 200 cm³/mol. The zero-order chi connectivity index (χ0) is 35.5. The van der Waals surface area contributed by atoms with Crippen molar-refractivity contribution in [1.29, 1.82) is 0 Å². The Balaban J connectivity index is 1.14. The third-order valence-electron chi connectivity index (χ3n) is 10.2. The van der Waals surface area contributed by atoms with Crippen LogP contribution in [-0.4, -0.2) is 51.6 Å². The molecule has 51 heavy (non-hydrogen) atoms. The number of aliphatic hydroxyl groups is 3. The fourth-order valence-electron chi connectivity index (χ4n) is 7.76. The minimum absolute atomic E-state index is 0.125. The van der Waals surface area contributed by atoms with Crippen molar-refractivity contribution in [3.8, 4) is 5.75 Å². The number of fused-ring (bicyclic) bond motifs is 2. The number of rotatable bonds is 11. The Labute approximate surface area is 296 Å². The lowest BCUT2D eigenvalue weighted by molar-refractivity contribution is -0.123. The van der Waals surface area contributed by atoms with Crippen LogP contribution in [0.15, 0.2) is 132 Å². The molecule has 8 nitrogen and oxygen atoms in total. The number of carbonyl (C=O) groups is 2. The van der Waals surface area contributed by atoms with Crippen LogP contribution in [-0.2, 0) is 9.59 Å². The number of hydrogen-bond acceptors (Lipinski definition) is 7. The molecule has 7 rings (SSSR count). The highest BCUT2D eigenvalue weighted by Gasteiger charge is 2.55. The van der Waals surface area contributed by atoms with Crippen LogP contribution in [0.1, 0.15) is 30.4 Å². The molecule has 0 bridgehead atoms. The average Bonchev–Trinajstić information content (AvgIpc) is 3.42. The molecule has 258 valence electrons. The van der Waals surface area contributed by atoms with Gasteiger partial charge in [0.25, 0.3) is 0 Å². The van der Waals surface area contributed by atoms with Crippen LogP contribution in [0.2, 0.25) is 0 Å². The summed E-state index contributed by atoms with van der Waals surface area (Å²) < 4.78 is 0. The molecule has 5 N–H and O–H groups in total. The van der Waals surface area contributed by atoms with Gasteiger partial charge in [-0.15, -0.1) is 0 Å². The molecular formula is C43H40N2O6. The van der Waals surface area contributed by atoms with Crippen molar-refractivity contribution in [1.82, 2.24) is 0 Å². The van der Waals surface area contributed by atoms with E-state index in [1.165, 1.54) is 4.90 Å². The molecule has 0 aromatic heterocycles. The summed E-state index contributed by atoms with van der Waals surface area (Å²) in [5.74, 6) is -3.04. The largest absolute Gasteiger partial charge is 0.507 e. The molecule has 1 fully saturated rings. The number of phenolic OH excluding ortho intramolecular Hbond substituents is 1.